The van der Waals surface area contributed by atoms with E-state index < -0.39 is 20.7 Å². The number of hydrogen-bond donors (Lipinski definition) is 2. The average molecular weight is 322 g/mol. The molecule has 1 aliphatic rings. The van der Waals surface area contributed by atoms with Crippen LogP contribution in [0.1, 0.15) is 12.8 Å². The van der Waals surface area contributed by atoms with E-state index in [1.54, 1.807) is 0 Å². The van der Waals surface area contributed by atoms with Crippen LogP contribution >= 0.6 is 11.6 Å². The molecule has 8 heteroatoms. The molecule has 0 atom stereocenters. The van der Waals surface area contributed by atoms with E-state index in [1.807, 2.05) is 7.05 Å². The molecule has 1 aromatic carbocycles. The van der Waals surface area contributed by atoms with Gasteiger partial charge in [-0.2, -0.15) is 0 Å². The van der Waals surface area contributed by atoms with Gasteiger partial charge >= 0.3 is 0 Å². The van der Waals surface area contributed by atoms with Gasteiger partial charge in [0.25, 0.3) is 0 Å². The lowest BCUT2D eigenvalue weighted by Gasteiger charge is -2.16. The van der Waals surface area contributed by atoms with Crippen LogP contribution in [0.25, 0.3) is 0 Å². The summed E-state index contributed by atoms with van der Waals surface area (Å²) in [5, 5.41) is 0.0828. The fourth-order valence-electron chi connectivity index (χ4n) is 1.91. The van der Waals surface area contributed by atoms with Gasteiger partial charge in [0.05, 0.1) is 5.69 Å². The summed E-state index contributed by atoms with van der Waals surface area (Å²) in [6.45, 7) is 0.781. The zero-order chi connectivity index (χ0) is 14.9. The summed E-state index contributed by atoms with van der Waals surface area (Å²) in [6, 6.07) is 2.77. The van der Waals surface area contributed by atoms with Crippen molar-refractivity contribution in [2.24, 2.45) is 0 Å². The Morgan fingerprint density at radius 3 is 2.75 bits per heavy atom. The molecule has 112 valence electrons. The first-order valence-electron chi connectivity index (χ1n) is 6.25. The molecular weight excluding hydrogens is 305 g/mol. The van der Waals surface area contributed by atoms with E-state index in [4.69, 9.17) is 17.3 Å². The highest BCUT2D eigenvalue weighted by Crippen LogP contribution is 2.26. The maximum absolute atomic E-state index is 13.8. The van der Waals surface area contributed by atoms with Crippen molar-refractivity contribution in [2.45, 2.75) is 23.8 Å². The number of hydrogen-bond acceptors (Lipinski definition) is 4. The number of nitrogens with two attached hydrogens (primary N) is 1. The second-order valence-electron chi connectivity index (χ2n) is 4.92. The topological polar surface area (TPSA) is 75.4 Å². The summed E-state index contributed by atoms with van der Waals surface area (Å²) >= 11 is 5.72. The lowest BCUT2D eigenvalue weighted by atomic mass is 10.3. The van der Waals surface area contributed by atoms with Gasteiger partial charge in [0.1, 0.15) is 4.90 Å². The molecule has 0 bridgehead atoms. The quantitative estimate of drug-likeness (QED) is 0.777. The third-order valence-electron chi connectivity index (χ3n) is 3.25. The minimum Gasteiger partial charge on any atom is -0.396 e. The van der Waals surface area contributed by atoms with E-state index in [0.717, 1.165) is 18.9 Å². The van der Waals surface area contributed by atoms with E-state index >= 15 is 0 Å². The molecule has 0 saturated heterocycles. The van der Waals surface area contributed by atoms with Gasteiger partial charge in [-0.3, -0.25) is 0 Å². The molecule has 0 radical (unpaired) electrons. The number of nitrogens with zero attached hydrogens (tertiary/aromatic N) is 1. The SMILES string of the molecule is CN(CCNS(=O)(=O)c1cc(Cl)cc(N)c1F)C1CC1. The van der Waals surface area contributed by atoms with Crippen LogP contribution in [0.15, 0.2) is 17.0 Å². The molecule has 0 heterocycles. The summed E-state index contributed by atoms with van der Waals surface area (Å²) in [5.74, 6) is -0.975. The van der Waals surface area contributed by atoms with E-state index in [0.29, 0.717) is 12.6 Å². The van der Waals surface area contributed by atoms with Crippen LogP contribution < -0.4 is 10.5 Å². The first-order chi connectivity index (χ1) is 9.31. The molecule has 2 rings (SSSR count). The van der Waals surface area contributed by atoms with Crippen LogP contribution in [-0.4, -0.2) is 39.5 Å². The molecule has 1 fully saturated rings. The van der Waals surface area contributed by atoms with Crippen LogP contribution in [0, 0.1) is 5.82 Å². The number of likely N-dealkylation sites (N-methyl/N-ethyl adjacent to an activating group) is 1. The lowest BCUT2D eigenvalue weighted by Crippen LogP contribution is -2.34. The minimum atomic E-state index is -3.95. The monoisotopic (exact) mass is 321 g/mol. The maximum atomic E-state index is 13.8. The first kappa shape index (κ1) is 15.5. The zero-order valence-electron chi connectivity index (χ0n) is 11.1. The van der Waals surface area contributed by atoms with Gasteiger partial charge < -0.3 is 10.6 Å². The number of benzene rings is 1. The molecule has 20 heavy (non-hydrogen) atoms. The van der Waals surface area contributed by atoms with Crippen molar-refractivity contribution < 1.29 is 12.8 Å². The fraction of sp³-hybridized carbons (Fsp3) is 0.500. The second kappa shape index (κ2) is 5.85. The van der Waals surface area contributed by atoms with Crippen LogP contribution in [0.3, 0.4) is 0 Å². The molecule has 3 N–H and O–H groups in total. The summed E-state index contributed by atoms with van der Waals surface area (Å²) in [6.07, 6.45) is 2.28. The average Bonchev–Trinajstić information content (AvgIpc) is 3.17. The van der Waals surface area contributed by atoms with Crippen molar-refractivity contribution in [3.05, 3.63) is 23.0 Å². The highest BCUT2D eigenvalue weighted by atomic mass is 35.5. The minimum absolute atomic E-state index is 0.0828. The van der Waals surface area contributed by atoms with E-state index in [-0.39, 0.29) is 17.3 Å². The Morgan fingerprint density at radius 2 is 2.15 bits per heavy atom. The van der Waals surface area contributed by atoms with Crippen molar-refractivity contribution in [3.63, 3.8) is 0 Å². The number of sulfonamides is 1. The Hall–Kier alpha value is -0.890. The highest BCUT2D eigenvalue weighted by Gasteiger charge is 2.26. The van der Waals surface area contributed by atoms with Gasteiger partial charge in [-0.15, -0.1) is 0 Å². The molecule has 0 spiro atoms. The normalized spacial score (nSPS) is 15.8. The Morgan fingerprint density at radius 1 is 1.50 bits per heavy atom. The first-order valence-corrected chi connectivity index (χ1v) is 8.12. The van der Waals surface area contributed by atoms with E-state index in [9.17, 15) is 12.8 Å². The largest absolute Gasteiger partial charge is 0.396 e. The van der Waals surface area contributed by atoms with Crippen molar-refractivity contribution in [2.75, 3.05) is 25.9 Å². The van der Waals surface area contributed by atoms with Gasteiger partial charge in [0.2, 0.25) is 10.0 Å². The van der Waals surface area contributed by atoms with Gasteiger partial charge in [-0.1, -0.05) is 11.6 Å². The molecule has 0 aromatic heterocycles. The number of nitrogens with one attached hydrogen (secondary N) is 1. The van der Waals surface area contributed by atoms with Gasteiger partial charge in [0.15, 0.2) is 5.82 Å². The molecule has 0 unspecified atom stereocenters. The van der Waals surface area contributed by atoms with E-state index in [1.165, 1.54) is 6.07 Å². The molecule has 1 saturated carbocycles. The molecule has 5 nitrogen and oxygen atoms in total. The van der Waals surface area contributed by atoms with Crippen molar-refractivity contribution in [1.29, 1.82) is 0 Å². The molecule has 0 amide bonds. The Balaban J connectivity index is 2.06. The van der Waals surface area contributed by atoms with Gasteiger partial charge in [-0.25, -0.2) is 17.5 Å². The zero-order valence-corrected chi connectivity index (χ0v) is 12.6. The van der Waals surface area contributed by atoms with Crippen LogP contribution in [0.5, 0.6) is 0 Å². The maximum Gasteiger partial charge on any atom is 0.243 e. The summed E-state index contributed by atoms with van der Waals surface area (Å²) in [4.78, 5) is 1.56. The third kappa shape index (κ3) is 3.60. The van der Waals surface area contributed by atoms with Gasteiger partial charge in [0, 0.05) is 24.2 Å². The third-order valence-corrected chi connectivity index (χ3v) is 4.93. The highest BCUT2D eigenvalue weighted by molar-refractivity contribution is 7.89. The Bertz CT molecular complexity index is 605. The van der Waals surface area contributed by atoms with E-state index in [2.05, 4.69) is 9.62 Å². The van der Waals surface area contributed by atoms with Crippen molar-refractivity contribution >= 4 is 27.3 Å². The standard InChI is InChI=1S/C12H17ClFN3O2S/c1-17(9-2-3-9)5-4-16-20(18,19)11-7-8(13)6-10(15)12(11)14/h6-7,9,16H,2-5,15H2,1H3. The van der Waals surface area contributed by atoms with Crippen LogP contribution in [0.4, 0.5) is 10.1 Å². The summed E-state index contributed by atoms with van der Waals surface area (Å²) in [7, 11) is -2.02. The Kier molecular flexibility index (Phi) is 4.53. The smallest absolute Gasteiger partial charge is 0.243 e. The number of halogens is 2. The molecular formula is C12H17ClFN3O2S. The van der Waals surface area contributed by atoms with Gasteiger partial charge in [-0.05, 0) is 32.0 Å². The molecule has 1 aliphatic carbocycles. The summed E-state index contributed by atoms with van der Waals surface area (Å²) < 4.78 is 40.2. The number of nitrogen functional groups attached to an aromatic ring is 1. The number of anilines is 1. The Labute approximate surface area is 122 Å². The van der Waals surface area contributed by atoms with Crippen molar-refractivity contribution in [3.8, 4) is 0 Å². The fourth-order valence-corrected chi connectivity index (χ4v) is 3.35. The van der Waals surface area contributed by atoms with Crippen LogP contribution in [-0.2, 0) is 10.0 Å². The number of rotatable bonds is 6. The second-order valence-corrected chi connectivity index (χ2v) is 7.09. The predicted octanol–water partition coefficient (Wildman–Crippen LogP) is 1.43. The van der Waals surface area contributed by atoms with Crippen molar-refractivity contribution in [1.82, 2.24) is 9.62 Å². The molecule has 1 aromatic rings. The van der Waals surface area contributed by atoms with Crippen LogP contribution in [0.2, 0.25) is 5.02 Å². The summed E-state index contributed by atoms with van der Waals surface area (Å²) in [5.41, 5.74) is 5.10. The molecule has 0 aliphatic heterocycles. The predicted molar refractivity (Wildman–Crippen MR) is 76.7 cm³/mol. The lowest BCUT2D eigenvalue weighted by molar-refractivity contribution is 0.329.